The monoisotopic (exact) mass is 293 g/mol. The van der Waals surface area contributed by atoms with Crippen molar-refractivity contribution in [2.75, 3.05) is 19.6 Å². The Hall–Kier alpha value is -1.90. The molecule has 0 bridgehead atoms. The number of aliphatic hydroxyl groups is 1. The predicted octanol–water partition coefficient (Wildman–Crippen LogP) is 4.37. The third-order valence-corrected chi connectivity index (χ3v) is 4.50. The van der Waals surface area contributed by atoms with E-state index in [2.05, 4.69) is 67.3 Å². The van der Waals surface area contributed by atoms with Crippen molar-refractivity contribution in [3.05, 3.63) is 60.2 Å². The quantitative estimate of drug-likeness (QED) is 0.706. The van der Waals surface area contributed by atoms with Gasteiger partial charge in [0.2, 0.25) is 0 Å². The zero-order valence-electron chi connectivity index (χ0n) is 13.3. The number of rotatable bonds is 5. The van der Waals surface area contributed by atoms with E-state index in [4.69, 9.17) is 0 Å². The van der Waals surface area contributed by atoms with E-state index in [1.165, 1.54) is 16.2 Å². The number of aliphatic hydroxyl groups excluding tert-OH is 1. The molecule has 2 nitrogen and oxygen atoms in total. The summed E-state index contributed by atoms with van der Waals surface area (Å²) in [5.41, 5.74) is 1.02. The molecule has 0 aliphatic carbocycles. The fraction of sp³-hybridized carbons (Fsp3) is 0.300. The first-order valence-electron chi connectivity index (χ1n) is 8.05. The zero-order valence-corrected chi connectivity index (χ0v) is 13.3. The lowest BCUT2D eigenvalue weighted by Crippen LogP contribution is -2.28. The SMILES string of the molecule is CCN(CC)CC(O)c1cccc2c1ccc1ccccc12. The van der Waals surface area contributed by atoms with E-state index in [1.807, 2.05) is 6.07 Å². The summed E-state index contributed by atoms with van der Waals surface area (Å²) in [4.78, 5) is 2.25. The van der Waals surface area contributed by atoms with Gasteiger partial charge in [-0.1, -0.05) is 68.4 Å². The van der Waals surface area contributed by atoms with E-state index >= 15 is 0 Å². The Morgan fingerprint density at radius 1 is 0.818 bits per heavy atom. The van der Waals surface area contributed by atoms with Crippen LogP contribution in [0.5, 0.6) is 0 Å². The van der Waals surface area contributed by atoms with E-state index < -0.39 is 6.10 Å². The smallest absolute Gasteiger partial charge is 0.0922 e. The Morgan fingerprint density at radius 3 is 2.32 bits per heavy atom. The summed E-state index contributed by atoms with van der Waals surface area (Å²) in [5, 5.41) is 15.5. The molecular weight excluding hydrogens is 270 g/mol. The molecule has 0 aromatic heterocycles. The van der Waals surface area contributed by atoms with Gasteiger partial charge in [0, 0.05) is 6.54 Å². The van der Waals surface area contributed by atoms with Crippen LogP contribution in [0.4, 0.5) is 0 Å². The Labute approximate surface area is 132 Å². The van der Waals surface area contributed by atoms with Crippen molar-refractivity contribution in [2.24, 2.45) is 0 Å². The standard InChI is InChI=1S/C20H23NO/c1-3-21(4-2)14-20(22)19-11-7-10-17-16-9-6-5-8-15(16)12-13-18(17)19/h5-13,20,22H,3-4,14H2,1-2H3. The van der Waals surface area contributed by atoms with Crippen LogP contribution in [0.25, 0.3) is 21.5 Å². The summed E-state index contributed by atoms with van der Waals surface area (Å²) in [6.45, 7) is 6.86. The lowest BCUT2D eigenvalue weighted by molar-refractivity contribution is 0.120. The van der Waals surface area contributed by atoms with Gasteiger partial charge in [0.05, 0.1) is 6.10 Å². The van der Waals surface area contributed by atoms with E-state index in [0.717, 1.165) is 24.0 Å². The van der Waals surface area contributed by atoms with E-state index in [0.29, 0.717) is 6.54 Å². The van der Waals surface area contributed by atoms with Crippen LogP contribution in [0.15, 0.2) is 54.6 Å². The molecule has 3 aromatic rings. The van der Waals surface area contributed by atoms with Crippen molar-refractivity contribution < 1.29 is 5.11 Å². The second-order valence-corrected chi connectivity index (χ2v) is 5.73. The van der Waals surface area contributed by atoms with Gasteiger partial charge in [-0.25, -0.2) is 0 Å². The predicted molar refractivity (Wildman–Crippen MR) is 94.2 cm³/mol. The molecule has 0 aliphatic rings. The van der Waals surface area contributed by atoms with Crippen molar-refractivity contribution in [3.8, 4) is 0 Å². The maximum Gasteiger partial charge on any atom is 0.0922 e. The van der Waals surface area contributed by atoms with Crippen LogP contribution >= 0.6 is 0 Å². The average Bonchev–Trinajstić information content (AvgIpc) is 2.58. The first-order chi connectivity index (χ1) is 10.7. The minimum absolute atomic E-state index is 0.454. The highest BCUT2D eigenvalue weighted by atomic mass is 16.3. The van der Waals surface area contributed by atoms with Crippen LogP contribution < -0.4 is 0 Å². The van der Waals surface area contributed by atoms with Gasteiger partial charge in [-0.15, -0.1) is 0 Å². The minimum atomic E-state index is -0.454. The van der Waals surface area contributed by atoms with E-state index in [9.17, 15) is 5.11 Å². The molecule has 114 valence electrons. The molecule has 0 amide bonds. The number of likely N-dealkylation sites (N-methyl/N-ethyl adjacent to an activating group) is 1. The second kappa shape index (κ2) is 6.47. The summed E-state index contributed by atoms with van der Waals surface area (Å²) in [7, 11) is 0. The molecule has 1 atom stereocenters. The summed E-state index contributed by atoms with van der Waals surface area (Å²) < 4.78 is 0. The molecule has 3 aromatic carbocycles. The van der Waals surface area contributed by atoms with Crippen molar-refractivity contribution in [1.82, 2.24) is 4.90 Å². The Bertz CT molecular complexity index is 777. The van der Waals surface area contributed by atoms with Gasteiger partial charge < -0.3 is 10.0 Å². The van der Waals surface area contributed by atoms with Crippen LogP contribution in [-0.4, -0.2) is 29.6 Å². The fourth-order valence-corrected chi connectivity index (χ4v) is 3.18. The summed E-state index contributed by atoms with van der Waals surface area (Å²) in [6.07, 6.45) is -0.454. The zero-order chi connectivity index (χ0) is 15.5. The summed E-state index contributed by atoms with van der Waals surface area (Å²) in [5.74, 6) is 0. The third kappa shape index (κ3) is 2.72. The van der Waals surface area contributed by atoms with Gasteiger partial charge in [-0.05, 0) is 40.2 Å². The Balaban J connectivity index is 2.09. The largest absolute Gasteiger partial charge is 0.387 e. The molecule has 0 spiro atoms. The first kappa shape index (κ1) is 15.0. The van der Waals surface area contributed by atoms with Gasteiger partial charge in [-0.2, -0.15) is 0 Å². The lowest BCUT2D eigenvalue weighted by Gasteiger charge is -2.23. The number of hydrogen-bond acceptors (Lipinski definition) is 2. The molecule has 1 N–H and O–H groups in total. The molecule has 3 rings (SSSR count). The van der Waals surface area contributed by atoms with Gasteiger partial charge in [0.25, 0.3) is 0 Å². The van der Waals surface area contributed by atoms with Crippen molar-refractivity contribution in [2.45, 2.75) is 20.0 Å². The topological polar surface area (TPSA) is 23.5 Å². The van der Waals surface area contributed by atoms with Crippen molar-refractivity contribution >= 4 is 21.5 Å². The fourth-order valence-electron chi connectivity index (χ4n) is 3.18. The molecular formula is C20H23NO. The molecule has 0 aliphatic heterocycles. The maximum absolute atomic E-state index is 10.7. The molecule has 0 radical (unpaired) electrons. The van der Waals surface area contributed by atoms with Gasteiger partial charge in [-0.3, -0.25) is 0 Å². The highest BCUT2D eigenvalue weighted by Gasteiger charge is 2.14. The highest BCUT2D eigenvalue weighted by molar-refractivity contribution is 6.08. The minimum Gasteiger partial charge on any atom is -0.387 e. The summed E-state index contributed by atoms with van der Waals surface area (Å²) >= 11 is 0. The Kier molecular flexibility index (Phi) is 4.41. The number of nitrogens with zero attached hydrogens (tertiary/aromatic N) is 1. The molecule has 2 heteroatoms. The molecule has 0 fully saturated rings. The normalized spacial score (nSPS) is 13.1. The molecule has 22 heavy (non-hydrogen) atoms. The second-order valence-electron chi connectivity index (χ2n) is 5.73. The van der Waals surface area contributed by atoms with Crippen molar-refractivity contribution in [3.63, 3.8) is 0 Å². The van der Waals surface area contributed by atoms with Crippen LogP contribution in [0.1, 0.15) is 25.5 Å². The summed E-state index contributed by atoms with van der Waals surface area (Å²) in [6, 6.07) is 18.9. The van der Waals surface area contributed by atoms with E-state index in [1.54, 1.807) is 0 Å². The highest BCUT2D eigenvalue weighted by Crippen LogP contribution is 2.30. The van der Waals surface area contributed by atoms with Crippen LogP contribution in [0, 0.1) is 0 Å². The lowest BCUT2D eigenvalue weighted by atomic mass is 9.96. The molecule has 1 unspecified atom stereocenters. The maximum atomic E-state index is 10.7. The third-order valence-electron chi connectivity index (χ3n) is 4.50. The average molecular weight is 293 g/mol. The van der Waals surface area contributed by atoms with E-state index in [-0.39, 0.29) is 0 Å². The molecule has 0 saturated heterocycles. The van der Waals surface area contributed by atoms with Crippen LogP contribution in [0.3, 0.4) is 0 Å². The van der Waals surface area contributed by atoms with Crippen molar-refractivity contribution in [1.29, 1.82) is 0 Å². The van der Waals surface area contributed by atoms with Gasteiger partial charge >= 0.3 is 0 Å². The number of hydrogen-bond donors (Lipinski definition) is 1. The first-order valence-corrected chi connectivity index (χ1v) is 8.05. The van der Waals surface area contributed by atoms with Gasteiger partial charge in [0.1, 0.15) is 0 Å². The van der Waals surface area contributed by atoms with Crippen LogP contribution in [-0.2, 0) is 0 Å². The Morgan fingerprint density at radius 2 is 1.55 bits per heavy atom. The number of benzene rings is 3. The molecule has 0 saturated carbocycles. The molecule has 0 heterocycles. The van der Waals surface area contributed by atoms with Gasteiger partial charge in [0.15, 0.2) is 0 Å². The van der Waals surface area contributed by atoms with Crippen LogP contribution in [0.2, 0.25) is 0 Å². The number of fused-ring (bicyclic) bond motifs is 3.